The summed E-state index contributed by atoms with van der Waals surface area (Å²) >= 11 is 0. The quantitative estimate of drug-likeness (QED) is 0.672. The molecule has 2 fully saturated rings. The van der Waals surface area contributed by atoms with Gasteiger partial charge in [0.2, 0.25) is 5.91 Å². The van der Waals surface area contributed by atoms with Crippen LogP contribution in [0.15, 0.2) is 12.7 Å². The molecule has 0 aromatic rings. The minimum atomic E-state index is 0.00583. The van der Waals surface area contributed by atoms with E-state index >= 15 is 0 Å². The van der Waals surface area contributed by atoms with Gasteiger partial charge in [-0.2, -0.15) is 0 Å². The predicted molar refractivity (Wildman–Crippen MR) is 60.1 cm³/mol. The second-order valence-corrected chi connectivity index (χ2v) is 4.34. The third-order valence-corrected chi connectivity index (χ3v) is 3.24. The van der Waals surface area contributed by atoms with Gasteiger partial charge in [0.05, 0.1) is 25.4 Å². The maximum absolute atomic E-state index is 11.7. The summed E-state index contributed by atoms with van der Waals surface area (Å²) in [5.41, 5.74) is 0. The number of amides is 1. The Labute approximate surface area is 96.2 Å². The summed E-state index contributed by atoms with van der Waals surface area (Å²) < 4.78 is 11.0. The molecule has 2 atom stereocenters. The number of carbonyl (C=O) groups is 1. The van der Waals surface area contributed by atoms with Crippen LogP contribution in [0.1, 0.15) is 19.3 Å². The number of rotatable bonds is 3. The van der Waals surface area contributed by atoms with Crippen LogP contribution in [0.25, 0.3) is 0 Å². The van der Waals surface area contributed by atoms with E-state index in [9.17, 15) is 4.79 Å². The highest BCUT2D eigenvalue weighted by atomic mass is 16.5. The molecule has 2 saturated heterocycles. The van der Waals surface area contributed by atoms with Crippen LogP contribution in [0.5, 0.6) is 0 Å². The van der Waals surface area contributed by atoms with Crippen molar-refractivity contribution in [2.24, 2.45) is 0 Å². The van der Waals surface area contributed by atoms with Crippen molar-refractivity contribution < 1.29 is 14.3 Å². The fraction of sp³-hybridized carbons (Fsp3) is 0.750. The summed E-state index contributed by atoms with van der Waals surface area (Å²) in [6.07, 6.45) is 4.81. The van der Waals surface area contributed by atoms with Gasteiger partial charge in [-0.3, -0.25) is 4.79 Å². The first-order chi connectivity index (χ1) is 7.81. The molecule has 2 unspecified atom stereocenters. The molecule has 0 aliphatic carbocycles. The molecule has 2 aliphatic heterocycles. The number of morpholine rings is 1. The first kappa shape index (κ1) is 11.6. The Morgan fingerprint density at radius 1 is 1.50 bits per heavy atom. The minimum Gasteiger partial charge on any atom is -0.378 e. The summed E-state index contributed by atoms with van der Waals surface area (Å²) in [4.78, 5) is 13.5. The zero-order valence-corrected chi connectivity index (χ0v) is 9.56. The molecule has 1 amide bonds. The number of hydrogen-bond donors (Lipinski definition) is 0. The van der Waals surface area contributed by atoms with Crippen LogP contribution in [0.3, 0.4) is 0 Å². The maximum Gasteiger partial charge on any atom is 0.246 e. The van der Waals surface area contributed by atoms with Gasteiger partial charge in [0, 0.05) is 13.2 Å². The molecule has 0 saturated carbocycles. The molecule has 4 nitrogen and oxygen atoms in total. The van der Waals surface area contributed by atoms with Crippen LogP contribution < -0.4 is 0 Å². The number of ether oxygens (including phenoxy) is 2. The Balaban J connectivity index is 1.92. The Morgan fingerprint density at radius 2 is 2.38 bits per heavy atom. The van der Waals surface area contributed by atoms with E-state index in [1.165, 1.54) is 6.08 Å². The molecule has 4 heteroatoms. The molecule has 2 rings (SSSR count). The Bertz CT molecular complexity index is 261. The second-order valence-electron chi connectivity index (χ2n) is 4.34. The standard InChI is InChI=1S/C12H19NO3/c1-2-12(14)13-5-7-15-9-10(13)8-11-4-3-6-16-11/h2,10-11H,1,3-9H2. The van der Waals surface area contributed by atoms with E-state index in [-0.39, 0.29) is 11.9 Å². The summed E-state index contributed by atoms with van der Waals surface area (Å²) in [5, 5.41) is 0. The van der Waals surface area contributed by atoms with Crippen molar-refractivity contribution in [3.05, 3.63) is 12.7 Å². The van der Waals surface area contributed by atoms with Crippen LogP contribution in [-0.4, -0.2) is 49.3 Å². The maximum atomic E-state index is 11.7. The van der Waals surface area contributed by atoms with E-state index in [4.69, 9.17) is 9.47 Å². The van der Waals surface area contributed by atoms with Gasteiger partial charge < -0.3 is 14.4 Å². The zero-order valence-electron chi connectivity index (χ0n) is 9.56. The smallest absolute Gasteiger partial charge is 0.246 e. The highest BCUT2D eigenvalue weighted by molar-refractivity contribution is 5.87. The first-order valence-electron chi connectivity index (χ1n) is 5.93. The second kappa shape index (κ2) is 5.46. The summed E-state index contributed by atoms with van der Waals surface area (Å²) in [5.74, 6) is 0.00583. The van der Waals surface area contributed by atoms with Gasteiger partial charge in [-0.25, -0.2) is 0 Å². The van der Waals surface area contributed by atoms with Crippen molar-refractivity contribution >= 4 is 5.91 Å². The number of hydrogen-bond acceptors (Lipinski definition) is 3. The van der Waals surface area contributed by atoms with E-state index in [0.717, 1.165) is 25.9 Å². The van der Waals surface area contributed by atoms with Crippen LogP contribution >= 0.6 is 0 Å². The van der Waals surface area contributed by atoms with Crippen LogP contribution in [0.2, 0.25) is 0 Å². The van der Waals surface area contributed by atoms with Crippen LogP contribution in [0, 0.1) is 0 Å². The van der Waals surface area contributed by atoms with Gasteiger partial charge >= 0.3 is 0 Å². The minimum absolute atomic E-state index is 0.00583. The van der Waals surface area contributed by atoms with E-state index in [2.05, 4.69) is 6.58 Å². The van der Waals surface area contributed by atoms with Crippen molar-refractivity contribution in [3.8, 4) is 0 Å². The molecular formula is C12H19NO3. The Kier molecular flexibility index (Phi) is 3.96. The average molecular weight is 225 g/mol. The number of carbonyl (C=O) groups excluding carboxylic acids is 1. The fourth-order valence-corrected chi connectivity index (χ4v) is 2.39. The molecule has 2 aliphatic rings. The molecule has 2 heterocycles. The number of nitrogens with zero attached hydrogens (tertiary/aromatic N) is 1. The summed E-state index contributed by atoms with van der Waals surface area (Å²) in [6, 6.07) is 0.155. The van der Waals surface area contributed by atoms with E-state index in [1.807, 2.05) is 4.90 Å². The van der Waals surface area contributed by atoms with Crippen molar-refractivity contribution in [2.75, 3.05) is 26.4 Å². The van der Waals surface area contributed by atoms with Gasteiger partial charge in [-0.1, -0.05) is 6.58 Å². The van der Waals surface area contributed by atoms with Gasteiger partial charge in [-0.15, -0.1) is 0 Å². The third-order valence-electron chi connectivity index (χ3n) is 3.24. The van der Waals surface area contributed by atoms with E-state index < -0.39 is 0 Å². The van der Waals surface area contributed by atoms with Crippen LogP contribution in [0.4, 0.5) is 0 Å². The van der Waals surface area contributed by atoms with Crippen molar-refractivity contribution in [3.63, 3.8) is 0 Å². The molecule has 0 N–H and O–H groups in total. The lowest BCUT2D eigenvalue weighted by molar-refractivity contribution is -0.135. The predicted octanol–water partition coefficient (Wildman–Crippen LogP) is 0.969. The van der Waals surface area contributed by atoms with Crippen LogP contribution in [-0.2, 0) is 14.3 Å². The third kappa shape index (κ3) is 2.62. The summed E-state index contributed by atoms with van der Waals surface area (Å²) in [7, 11) is 0. The van der Waals surface area contributed by atoms with Gasteiger partial charge in [0.1, 0.15) is 0 Å². The molecular weight excluding hydrogens is 206 g/mol. The SMILES string of the molecule is C=CC(=O)N1CCOCC1CC1CCCO1. The fourth-order valence-electron chi connectivity index (χ4n) is 2.39. The topological polar surface area (TPSA) is 38.8 Å². The van der Waals surface area contributed by atoms with E-state index in [0.29, 0.717) is 25.9 Å². The Morgan fingerprint density at radius 3 is 3.06 bits per heavy atom. The molecule has 0 spiro atoms. The van der Waals surface area contributed by atoms with Crippen molar-refractivity contribution in [2.45, 2.75) is 31.4 Å². The lowest BCUT2D eigenvalue weighted by Crippen LogP contribution is -2.49. The molecule has 0 bridgehead atoms. The molecule has 16 heavy (non-hydrogen) atoms. The molecule has 0 aromatic heterocycles. The van der Waals surface area contributed by atoms with E-state index in [1.54, 1.807) is 0 Å². The van der Waals surface area contributed by atoms with Crippen molar-refractivity contribution in [1.29, 1.82) is 0 Å². The lowest BCUT2D eigenvalue weighted by atomic mass is 10.0. The zero-order chi connectivity index (χ0) is 11.4. The largest absolute Gasteiger partial charge is 0.378 e. The first-order valence-corrected chi connectivity index (χ1v) is 5.93. The van der Waals surface area contributed by atoms with Gasteiger partial charge in [0.25, 0.3) is 0 Å². The molecule has 90 valence electrons. The van der Waals surface area contributed by atoms with Gasteiger partial charge in [0.15, 0.2) is 0 Å². The highest BCUT2D eigenvalue weighted by Crippen LogP contribution is 2.21. The summed E-state index contributed by atoms with van der Waals surface area (Å²) in [6.45, 7) is 6.31. The monoisotopic (exact) mass is 225 g/mol. The normalized spacial score (nSPS) is 30.4. The highest BCUT2D eigenvalue weighted by Gasteiger charge is 2.29. The molecule has 0 aromatic carbocycles. The molecule has 0 radical (unpaired) electrons. The van der Waals surface area contributed by atoms with Crippen molar-refractivity contribution in [1.82, 2.24) is 4.90 Å². The lowest BCUT2D eigenvalue weighted by Gasteiger charge is -2.36. The van der Waals surface area contributed by atoms with Gasteiger partial charge in [-0.05, 0) is 25.3 Å². The Hall–Kier alpha value is -0.870. The average Bonchev–Trinajstić information content (AvgIpc) is 2.82.